The summed E-state index contributed by atoms with van der Waals surface area (Å²) in [4.78, 5) is 14.1. The van der Waals surface area contributed by atoms with E-state index in [9.17, 15) is 4.79 Å². The van der Waals surface area contributed by atoms with Gasteiger partial charge >= 0.3 is 0 Å². The largest absolute Gasteiger partial charge is 0.336 e. The Labute approximate surface area is 116 Å². The van der Waals surface area contributed by atoms with Crippen LogP contribution in [0.25, 0.3) is 0 Å². The van der Waals surface area contributed by atoms with E-state index in [4.69, 9.17) is 5.73 Å². The molecule has 1 amide bonds. The lowest BCUT2D eigenvalue weighted by atomic mass is 10.0. The van der Waals surface area contributed by atoms with E-state index in [0.717, 1.165) is 23.9 Å². The zero-order valence-corrected chi connectivity index (χ0v) is 12.2. The third kappa shape index (κ3) is 3.12. The van der Waals surface area contributed by atoms with E-state index in [0.29, 0.717) is 6.42 Å². The molecule has 4 heteroatoms. The lowest BCUT2D eigenvalue weighted by Gasteiger charge is -2.26. The Morgan fingerprint density at radius 1 is 1.61 bits per heavy atom. The van der Waals surface area contributed by atoms with Crippen molar-refractivity contribution in [3.05, 3.63) is 34.3 Å². The van der Waals surface area contributed by atoms with Crippen molar-refractivity contribution in [1.29, 1.82) is 0 Å². The third-order valence-electron chi connectivity index (χ3n) is 3.30. The molecule has 0 bridgehead atoms. The van der Waals surface area contributed by atoms with Gasteiger partial charge in [0.1, 0.15) is 0 Å². The van der Waals surface area contributed by atoms with Gasteiger partial charge in [0.2, 0.25) is 5.91 Å². The van der Waals surface area contributed by atoms with Crippen molar-refractivity contribution in [3.8, 4) is 0 Å². The standard InChI is InChI=1S/C14H19BrN2O/c1-10(16)8-14(18)17-7-3-6-13(17)11-4-2-5-12(15)9-11/h2,4-5,9-10,13H,3,6-8,16H2,1H3. The molecule has 98 valence electrons. The van der Waals surface area contributed by atoms with Gasteiger partial charge in [-0.2, -0.15) is 0 Å². The average Bonchev–Trinajstić information content (AvgIpc) is 2.76. The number of likely N-dealkylation sites (tertiary alicyclic amines) is 1. The first-order valence-corrected chi connectivity index (χ1v) is 7.17. The Morgan fingerprint density at radius 3 is 3.06 bits per heavy atom. The fourth-order valence-electron chi connectivity index (χ4n) is 2.52. The topological polar surface area (TPSA) is 46.3 Å². The number of nitrogens with two attached hydrogens (primary N) is 1. The Kier molecular flexibility index (Phi) is 4.40. The summed E-state index contributed by atoms with van der Waals surface area (Å²) in [6, 6.07) is 8.36. The summed E-state index contributed by atoms with van der Waals surface area (Å²) < 4.78 is 1.06. The number of halogens is 1. The molecule has 1 aliphatic rings. The van der Waals surface area contributed by atoms with Crippen LogP contribution in [0.2, 0.25) is 0 Å². The third-order valence-corrected chi connectivity index (χ3v) is 3.80. The quantitative estimate of drug-likeness (QED) is 0.933. The minimum absolute atomic E-state index is 0.0683. The number of hydrogen-bond acceptors (Lipinski definition) is 2. The maximum atomic E-state index is 12.2. The molecule has 18 heavy (non-hydrogen) atoms. The molecule has 1 aliphatic heterocycles. The summed E-state index contributed by atoms with van der Waals surface area (Å²) in [7, 11) is 0. The molecular weight excluding hydrogens is 292 g/mol. The number of nitrogens with zero attached hydrogens (tertiary/aromatic N) is 1. The normalized spacial score (nSPS) is 21.1. The van der Waals surface area contributed by atoms with E-state index in [1.165, 1.54) is 5.56 Å². The monoisotopic (exact) mass is 310 g/mol. The molecule has 0 aromatic heterocycles. The van der Waals surface area contributed by atoms with Crippen molar-refractivity contribution in [3.63, 3.8) is 0 Å². The molecule has 0 saturated carbocycles. The van der Waals surface area contributed by atoms with Crippen LogP contribution in [0.1, 0.15) is 37.8 Å². The molecule has 2 rings (SSSR count). The number of carbonyl (C=O) groups is 1. The van der Waals surface area contributed by atoms with Gasteiger partial charge in [-0.05, 0) is 37.5 Å². The molecule has 0 radical (unpaired) electrons. The van der Waals surface area contributed by atoms with Gasteiger partial charge < -0.3 is 10.6 Å². The minimum Gasteiger partial charge on any atom is -0.336 e. The van der Waals surface area contributed by atoms with Gasteiger partial charge in [-0.25, -0.2) is 0 Å². The predicted molar refractivity (Wildman–Crippen MR) is 76.1 cm³/mol. The highest BCUT2D eigenvalue weighted by Gasteiger charge is 2.29. The Balaban J connectivity index is 2.14. The highest BCUT2D eigenvalue weighted by atomic mass is 79.9. The van der Waals surface area contributed by atoms with Crippen molar-refractivity contribution in [1.82, 2.24) is 4.90 Å². The molecular formula is C14H19BrN2O. The molecule has 2 atom stereocenters. The summed E-state index contributed by atoms with van der Waals surface area (Å²) in [5.41, 5.74) is 6.92. The lowest BCUT2D eigenvalue weighted by Crippen LogP contribution is -2.34. The molecule has 1 heterocycles. The zero-order valence-electron chi connectivity index (χ0n) is 10.6. The molecule has 1 saturated heterocycles. The first-order chi connectivity index (χ1) is 8.58. The van der Waals surface area contributed by atoms with Crippen LogP contribution in [-0.2, 0) is 4.79 Å². The fraction of sp³-hybridized carbons (Fsp3) is 0.500. The average molecular weight is 311 g/mol. The van der Waals surface area contributed by atoms with E-state index < -0.39 is 0 Å². The van der Waals surface area contributed by atoms with Crippen LogP contribution in [0.4, 0.5) is 0 Å². The highest BCUT2D eigenvalue weighted by Crippen LogP contribution is 2.33. The van der Waals surface area contributed by atoms with Gasteiger partial charge in [0.15, 0.2) is 0 Å². The van der Waals surface area contributed by atoms with Gasteiger partial charge in [-0.15, -0.1) is 0 Å². The second kappa shape index (κ2) is 5.85. The van der Waals surface area contributed by atoms with Crippen molar-refractivity contribution in [2.45, 2.75) is 38.3 Å². The second-order valence-electron chi connectivity index (χ2n) is 4.98. The first kappa shape index (κ1) is 13.6. The van der Waals surface area contributed by atoms with Crippen LogP contribution >= 0.6 is 15.9 Å². The van der Waals surface area contributed by atoms with E-state index >= 15 is 0 Å². The van der Waals surface area contributed by atoms with Gasteiger partial charge in [-0.3, -0.25) is 4.79 Å². The molecule has 2 N–H and O–H groups in total. The van der Waals surface area contributed by atoms with E-state index in [-0.39, 0.29) is 18.0 Å². The van der Waals surface area contributed by atoms with Crippen LogP contribution in [0.15, 0.2) is 28.7 Å². The number of rotatable bonds is 3. The van der Waals surface area contributed by atoms with Gasteiger partial charge in [-0.1, -0.05) is 28.1 Å². The maximum Gasteiger partial charge on any atom is 0.224 e. The number of benzene rings is 1. The summed E-state index contributed by atoms with van der Waals surface area (Å²) in [5, 5.41) is 0. The van der Waals surface area contributed by atoms with Gasteiger partial charge in [0, 0.05) is 23.5 Å². The predicted octanol–water partition coefficient (Wildman–Crippen LogP) is 2.85. The molecule has 3 nitrogen and oxygen atoms in total. The number of hydrogen-bond donors (Lipinski definition) is 1. The minimum atomic E-state index is -0.0683. The molecule has 1 aromatic rings. The summed E-state index contributed by atoms with van der Waals surface area (Å²) >= 11 is 3.48. The Bertz CT molecular complexity index is 434. The zero-order chi connectivity index (χ0) is 13.1. The van der Waals surface area contributed by atoms with E-state index in [2.05, 4.69) is 28.1 Å². The van der Waals surface area contributed by atoms with Gasteiger partial charge in [0.25, 0.3) is 0 Å². The van der Waals surface area contributed by atoms with Crippen molar-refractivity contribution < 1.29 is 4.79 Å². The summed E-state index contributed by atoms with van der Waals surface area (Å²) in [6.45, 7) is 2.73. The number of carbonyl (C=O) groups excluding carboxylic acids is 1. The van der Waals surface area contributed by atoms with E-state index in [1.807, 2.05) is 24.0 Å². The maximum absolute atomic E-state index is 12.2. The van der Waals surface area contributed by atoms with Crippen molar-refractivity contribution in [2.24, 2.45) is 5.73 Å². The second-order valence-corrected chi connectivity index (χ2v) is 5.90. The summed E-state index contributed by atoms with van der Waals surface area (Å²) in [6.07, 6.45) is 2.55. The smallest absolute Gasteiger partial charge is 0.224 e. The van der Waals surface area contributed by atoms with Crippen LogP contribution in [0.3, 0.4) is 0 Å². The van der Waals surface area contributed by atoms with Crippen molar-refractivity contribution in [2.75, 3.05) is 6.54 Å². The highest BCUT2D eigenvalue weighted by molar-refractivity contribution is 9.10. The number of amides is 1. The van der Waals surface area contributed by atoms with Crippen molar-refractivity contribution >= 4 is 21.8 Å². The van der Waals surface area contributed by atoms with Crippen LogP contribution in [-0.4, -0.2) is 23.4 Å². The first-order valence-electron chi connectivity index (χ1n) is 6.38. The van der Waals surface area contributed by atoms with Gasteiger partial charge in [0.05, 0.1) is 6.04 Å². The molecule has 2 unspecified atom stereocenters. The lowest BCUT2D eigenvalue weighted by molar-refractivity contribution is -0.132. The molecule has 0 spiro atoms. The van der Waals surface area contributed by atoms with Crippen LogP contribution < -0.4 is 5.73 Å². The Hall–Kier alpha value is -0.870. The van der Waals surface area contributed by atoms with Crippen LogP contribution in [0, 0.1) is 0 Å². The Morgan fingerprint density at radius 2 is 2.39 bits per heavy atom. The summed E-state index contributed by atoms with van der Waals surface area (Å²) in [5.74, 6) is 0.174. The van der Waals surface area contributed by atoms with Crippen LogP contribution in [0.5, 0.6) is 0 Å². The molecule has 0 aliphatic carbocycles. The molecule has 1 fully saturated rings. The molecule has 1 aromatic carbocycles. The SMILES string of the molecule is CC(N)CC(=O)N1CCCC1c1cccc(Br)c1. The fourth-order valence-corrected chi connectivity index (χ4v) is 2.94. The van der Waals surface area contributed by atoms with E-state index in [1.54, 1.807) is 0 Å².